The zero-order valence-electron chi connectivity index (χ0n) is 8.12. The second-order valence-electron chi connectivity index (χ2n) is 3.71. The van der Waals surface area contributed by atoms with Gasteiger partial charge in [-0.3, -0.25) is 4.79 Å². The molecule has 1 amide bonds. The Balaban J connectivity index is 2.07. The van der Waals surface area contributed by atoms with Crippen molar-refractivity contribution in [2.24, 2.45) is 5.92 Å². The average molecular weight is 380 g/mol. The molecule has 0 saturated carbocycles. The fourth-order valence-corrected chi connectivity index (χ4v) is 2.67. The number of rotatable bonds is 2. The predicted octanol–water partition coefficient (Wildman–Crippen LogP) is 2.76. The molecule has 0 radical (unpaired) electrons. The molecule has 0 N–H and O–H groups in total. The Bertz CT molecular complexity index is 377. The van der Waals surface area contributed by atoms with Crippen LogP contribution in [0.15, 0.2) is 24.3 Å². The Hall–Kier alpha value is -0.100. The van der Waals surface area contributed by atoms with Crippen LogP contribution < -0.4 is 0 Å². The van der Waals surface area contributed by atoms with Crippen LogP contribution in [0.5, 0.6) is 0 Å². The summed E-state index contributed by atoms with van der Waals surface area (Å²) in [6.45, 7) is 1.77. The highest BCUT2D eigenvalue weighted by atomic mass is 127. The standard InChI is InChI=1S/C11H11BrINO/c12-5-8-6-14(7-8)11(15)9-3-1-2-4-10(9)13/h1-4,8H,5-7H2. The van der Waals surface area contributed by atoms with E-state index < -0.39 is 0 Å². The number of alkyl halides is 1. The van der Waals surface area contributed by atoms with Gasteiger partial charge in [0.25, 0.3) is 5.91 Å². The number of likely N-dealkylation sites (tertiary alicyclic amines) is 1. The summed E-state index contributed by atoms with van der Waals surface area (Å²) in [7, 11) is 0. The summed E-state index contributed by atoms with van der Waals surface area (Å²) in [5.41, 5.74) is 0.825. The highest BCUT2D eigenvalue weighted by molar-refractivity contribution is 14.1. The van der Waals surface area contributed by atoms with Crippen molar-refractivity contribution in [1.82, 2.24) is 4.90 Å². The van der Waals surface area contributed by atoms with E-state index >= 15 is 0 Å². The lowest BCUT2D eigenvalue weighted by Crippen LogP contribution is -2.50. The van der Waals surface area contributed by atoms with E-state index in [4.69, 9.17) is 0 Å². The van der Waals surface area contributed by atoms with E-state index in [9.17, 15) is 4.79 Å². The summed E-state index contributed by atoms with van der Waals surface area (Å²) in [5.74, 6) is 0.799. The average Bonchev–Trinajstić information content (AvgIpc) is 2.16. The molecule has 0 atom stereocenters. The molecule has 1 fully saturated rings. The van der Waals surface area contributed by atoms with Crippen molar-refractivity contribution < 1.29 is 4.79 Å². The van der Waals surface area contributed by atoms with Crippen molar-refractivity contribution in [3.8, 4) is 0 Å². The van der Waals surface area contributed by atoms with Crippen LogP contribution in [0, 0.1) is 9.49 Å². The lowest BCUT2D eigenvalue weighted by Gasteiger charge is -2.38. The van der Waals surface area contributed by atoms with Crippen molar-refractivity contribution in [2.75, 3.05) is 18.4 Å². The molecule has 1 aliphatic rings. The van der Waals surface area contributed by atoms with Gasteiger partial charge in [0.15, 0.2) is 0 Å². The Morgan fingerprint density at radius 3 is 2.73 bits per heavy atom. The summed E-state index contributed by atoms with van der Waals surface area (Å²) >= 11 is 5.64. The highest BCUT2D eigenvalue weighted by Gasteiger charge is 2.30. The molecule has 1 aromatic carbocycles. The van der Waals surface area contributed by atoms with Gasteiger partial charge in [0.05, 0.1) is 5.56 Å². The molecule has 1 saturated heterocycles. The molecule has 2 nitrogen and oxygen atoms in total. The Kier molecular flexibility index (Phi) is 3.66. The quantitative estimate of drug-likeness (QED) is 0.571. The third kappa shape index (κ3) is 2.36. The van der Waals surface area contributed by atoms with Crippen LogP contribution in [0.25, 0.3) is 0 Å². The summed E-state index contributed by atoms with van der Waals surface area (Å²) in [6.07, 6.45) is 0. The van der Waals surface area contributed by atoms with Crippen molar-refractivity contribution in [3.05, 3.63) is 33.4 Å². The van der Waals surface area contributed by atoms with Gasteiger partial charge >= 0.3 is 0 Å². The maximum absolute atomic E-state index is 12.0. The van der Waals surface area contributed by atoms with Gasteiger partial charge in [0.1, 0.15) is 0 Å². The SMILES string of the molecule is O=C(c1ccccc1I)N1CC(CBr)C1. The molecule has 4 heteroatoms. The van der Waals surface area contributed by atoms with Gasteiger partial charge in [0.2, 0.25) is 0 Å². The fourth-order valence-electron chi connectivity index (χ4n) is 1.64. The molecule has 2 rings (SSSR count). The Morgan fingerprint density at radius 1 is 1.47 bits per heavy atom. The molecule has 1 aliphatic heterocycles. The normalized spacial score (nSPS) is 16.3. The van der Waals surface area contributed by atoms with Crippen LogP contribution in [-0.2, 0) is 0 Å². The van der Waals surface area contributed by atoms with E-state index in [0.717, 1.165) is 27.6 Å². The van der Waals surface area contributed by atoms with Crippen LogP contribution in [0.4, 0.5) is 0 Å². The van der Waals surface area contributed by atoms with Gasteiger partial charge < -0.3 is 4.90 Å². The van der Waals surface area contributed by atoms with E-state index in [2.05, 4.69) is 38.5 Å². The predicted molar refractivity (Wildman–Crippen MR) is 72.3 cm³/mol. The maximum atomic E-state index is 12.0. The number of amides is 1. The molecule has 80 valence electrons. The summed E-state index contributed by atoms with van der Waals surface area (Å²) < 4.78 is 1.03. The molecule has 0 unspecified atom stereocenters. The fraction of sp³-hybridized carbons (Fsp3) is 0.364. The molecule has 0 spiro atoms. The number of halogens is 2. The molecular weight excluding hydrogens is 369 g/mol. The van der Waals surface area contributed by atoms with E-state index in [1.54, 1.807) is 0 Å². The number of benzene rings is 1. The summed E-state index contributed by atoms with van der Waals surface area (Å²) in [5, 5.41) is 0.989. The number of nitrogens with zero attached hydrogens (tertiary/aromatic N) is 1. The molecule has 0 aromatic heterocycles. The topological polar surface area (TPSA) is 20.3 Å². The second kappa shape index (κ2) is 4.82. The number of carbonyl (C=O) groups is 1. The molecular formula is C11H11BrINO. The van der Waals surface area contributed by atoms with Crippen molar-refractivity contribution in [2.45, 2.75) is 0 Å². The summed E-state index contributed by atoms with van der Waals surface area (Å²) in [6, 6.07) is 7.73. The van der Waals surface area contributed by atoms with Crippen molar-refractivity contribution >= 4 is 44.4 Å². The van der Waals surface area contributed by atoms with Gasteiger partial charge in [-0.15, -0.1) is 0 Å². The third-order valence-corrected chi connectivity index (χ3v) is 4.42. The highest BCUT2D eigenvalue weighted by Crippen LogP contribution is 2.22. The first-order chi connectivity index (χ1) is 7.22. The number of carbonyl (C=O) groups excluding carboxylic acids is 1. The third-order valence-electron chi connectivity index (χ3n) is 2.57. The van der Waals surface area contributed by atoms with Crippen molar-refractivity contribution in [3.63, 3.8) is 0 Å². The van der Waals surface area contributed by atoms with Gasteiger partial charge in [-0.05, 0) is 34.7 Å². The zero-order chi connectivity index (χ0) is 10.8. The lowest BCUT2D eigenvalue weighted by molar-refractivity contribution is 0.0538. The van der Waals surface area contributed by atoms with Crippen LogP contribution in [0.1, 0.15) is 10.4 Å². The molecule has 15 heavy (non-hydrogen) atoms. The van der Waals surface area contributed by atoms with E-state index in [0.29, 0.717) is 5.92 Å². The van der Waals surface area contributed by atoms with E-state index in [1.807, 2.05) is 29.2 Å². The molecule has 0 aliphatic carbocycles. The van der Waals surface area contributed by atoms with Gasteiger partial charge in [-0.1, -0.05) is 28.1 Å². The van der Waals surface area contributed by atoms with Crippen LogP contribution >= 0.6 is 38.5 Å². The molecule has 0 bridgehead atoms. The number of hydrogen-bond donors (Lipinski definition) is 0. The first kappa shape index (κ1) is 11.4. The molecule has 1 aromatic rings. The zero-order valence-corrected chi connectivity index (χ0v) is 11.9. The minimum absolute atomic E-state index is 0.164. The minimum Gasteiger partial charge on any atom is -0.338 e. The maximum Gasteiger partial charge on any atom is 0.254 e. The van der Waals surface area contributed by atoms with Gasteiger partial charge in [-0.25, -0.2) is 0 Å². The largest absolute Gasteiger partial charge is 0.338 e. The minimum atomic E-state index is 0.164. The second-order valence-corrected chi connectivity index (χ2v) is 5.52. The van der Waals surface area contributed by atoms with Crippen molar-refractivity contribution in [1.29, 1.82) is 0 Å². The smallest absolute Gasteiger partial charge is 0.254 e. The van der Waals surface area contributed by atoms with E-state index in [1.165, 1.54) is 0 Å². The molecule has 1 heterocycles. The lowest BCUT2D eigenvalue weighted by atomic mass is 10.0. The Labute approximate surface area is 111 Å². The van der Waals surface area contributed by atoms with Crippen LogP contribution in [-0.4, -0.2) is 29.2 Å². The van der Waals surface area contributed by atoms with Gasteiger partial charge in [0, 0.05) is 27.9 Å². The van der Waals surface area contributed by atoms with Gasteiger partial charge in [-0.2, -0.15) is 0 Å². The van der Waals surface area contributed by atoms with E-state index in [-0.39, 0.29) is 5.91 Å². The van der Waals surface area contributed by atoms with Crippen LogP contribution in [0.3, 0.4) is 0 Å². The number of hydrogen-bond acceptors (Lipinski definition) is 1. The first-order valence-electron chi connectivity index (χ1n) is 4.82. The monoisotopic (exact) mass is 379 g/mol. The van der Waals surface area contributed by atoms with Crippen LogP contribution in [0.2, 0.25) is 0 Å². The first-order valence-corrected chi connectivity index (χ1v) is 7.02. The summed E-state index contributed by atoms with van der Waals surface area (Å²) in [4.78, 5) is 13.9. The Morgan fingerprint density at radius 2 is 2.13 bits per heavy atom.